The zero-order valence-corrected chi connectivity index (χ0v) is 9.37. The van der Waals surface area contributed by atoms with Gasteiger partial charge in [0, 0.05) is 11.8 Å². The van der Waals surface area contributed by atoms with Crippen LogP contribution < -0.4 is 0 Å². The molecule has 16 heavy (non-hydrogen) atoms. The number of benzene rings is 1. The van der Waals surface area contributed by atoms with Gasteiger partial charge in [0.1, 0.15) is 0 Å². The molecule has 0 amide bonds. The largest absolute Gasteiger partial charge is 0.372 e. The molecule has 2 aromatic rings. The van der Waals surface area contributed by atoms with Crippen molar-refractivity contribution < 1.29 is 4.74 Å². The van der Waals surface area contributed by atoms with Crippen molar-refractivity contribution in [1.82, 2.24) is 10.2 Å². The lowest BCUT2D eigenvalue weighted by Crippen LogP contribution is -1.93. The van der Waals surface area contributed by atoms with Gasteiger partial charge in [-0.05, 0) is 16.7 Å². The fourth-order valence-corrected chi connectivity index (χ4v) is 2.20. The number of nitrogens with zero attached hydrogens (tertiary/aromatic N) is 1. The Morgan fingerprint density at radius 1 is 1.25 bits per heavy atom. The number of hydrogen-bond donors (Lipinski definition) is 1. The van der Waals surface area contributed by atoms with Crippen LogP contribution in [-0.2, 0) is 18.0 Å². The first-order valence-corrected chi connectivity index (χ1v) is 5.60. The van der Waals surface area contributed by atoms with Crippen molar-refractivity contribution in [3.8, 4) is 0 Å². The summed E-state index contributed by atoms with van der Waals surface area (Å²) in [5.41, 5.74) is 4.58. The van der Waals surface area contributed by atoms with Crippen LogP contribution in [0.2, 0.25) is 0 Å². The van der Waals surface area contributed by atoms with Gasteiger partial charge in [-0.25, -0.2) is 0 Å². The minimum atomic E-state index is -0.148. The number of aromatic amines is 1. The van der Waals surface area contributed by atoms with E-state index in [1.807, 2.05) is 6.20 Å². The molecule has 0 radical (unpaired) electrons. The number of rotatable bonds is 2. The Balaban J connectivity index is 1.95. The van der Waals surface area contributed by atoms with E-state index in [1.165, 1.54) is 11.1 Å². The van der Waals surface area contributed by atoms with E-state index < -0.39 is 0 Å². The first kappa shape index (κ1) is 9.87. The van der Waals surface area contributed by atoms with Crippen LogP contribution in [0.3, 0.4) is 0 Å². The molecule has 4 heteroatoms. The van der Waals surface area contributed by atoms with Crippen LogP contribution in [0, 0.1) is 0 Å². The lowest BCUT2D eigenvalue weighted by Gasteiger charge is -2.08. The van der Waals surface area contributed by atoms with E-state index in [0.717, 1.165) is 11.1 Å². The smallest absolute Gasteiger partial charge is 0.0865 e. The van der Waals surface area contributed by atoms with Crippen LogP contribution in [0.25, 0.3) is 0 Å². The average molecular weight is 235 g/mol. The van der Waals surface area contributed by atoms with Gasteiger partial charge in [-0.1, -0.05) is 18.2 Å². The highest BCUT2D eigenvalue weighted by atomic mass is 35.5. The molecule has 0 saturated heterocycles. The topological polar surface area (TPSA) is 37.9 Å². The second-order valence-corrected chi connectivity index (χ2v) is 4.35. The lowest BCUT2D eigenvalue weighted by atomic mass is 10.0. The highest BCUT2D eigenvalue weighted by molar-refractivity contribution is 6.22. The number of ether oxygens (including phenoxy) is 1. The predicted molar refractivity (Wildman–Crippen MR) is 61.2 cm³/mol. The fourth-order valence-electron chi connectivity index (χ4n) is 1.94. The molecule has 0 saturated carbocycles. The first-order chi connectivity index (χ1) is 7.84. The molecule has 0 fully saturated rings. The lowest BCUT2D eigenvalue weighted by molar-refractivity contribution is 0.134. The van der Waals surface area contributed by atoms with Crippen LogP contribution in [0.4, 0.5) is 0 Å². The monoisotopic (exact) mass is 234 g/mol. The Bertz CT molecular complexity index is 496. The molecular weight excluding hydrogens is 224 g/mol. The first-order valence-electron chi connectivity index (χ1n) is 5.17. The maximum absolute atomic E-state index is 6.37. The molecule has 0 aliphatic carbocycles. The standard InChI is InChI=1S/C12H11ClN2O/c13-12(11-4-14-15-5-11)8-1-2-9-6-16-7-10(9)3-8/h1-5,12H,6-7H2,(H,14,15). The Morgan fingerprint density at radius 2 is 2.12 bits per heavy atom. The maximum atomic E-state index is 6.37. The van der Waals surface area contributed by atoms with Crippen molar-refractivity contribution in [2.24, 2.45) is 0 Å². The Kier molecular flexibility index (Phi) is 2.42. The Hall–Kier alpha value is -1.32. The predicted octanol–water partition coefficient (Wildman–Crippen LogP) is 2.77. The molecule has 1 aromatic heterocycles. The molecule has 0 spiro atoms. The minimum Gasteiger partial charge on any atom is -0.372 e. The molecule has 1 N–H and O–H groups in total. The van der Waals surface area contributed by atoms with E-state index in [9.17, 15) is 0 Å². The molecule has 0 bridgehead atoms. The van der Waals surface area contributed by atoms with Crippen molar-refractivity contribution in [2.45, 2.75) is 18.6 Å². The number of aromatic nitrogens is 2. The van der Waals surface area contributed by atoms with Crippen molar-refractivity contribution in [1.29, 1.82) is 0 Å². The second kappa shape index (κ2) is 3.92. The summed E-state index contributed by atoms with van der Waals surface area (Å²) in [6, 6.07) is 6.26. The SMILES string of the molecule is ClC(c1cn[nH]c1)c1ccc2c(c1)COC2. The van der Waals surface area contributed by atoms with E-state index in [2.05, 4.69) is 28.4 Å². The molecule has 2 heterocycles. The molecular formula is C12H11ClN2O. The normalized spacial score (nSPS) is 16.1. The third-order valence-electron chi connectivity index (χ3n) is 2.85. The van der Waals surface area contributed by atoms with Crippen LogP contribution in [0.1, 0.15) is 27.6 Å². The quantitative estimate of drug-likeness (QED) is 0.812. The molecule has 1 aliphatic heterocycles. The van der Waals surface area contributed by atoms with E-state index in [1.54, 1.807) is 6.20 Å². The number of alkyl halides is 1. The van der Waals surface area contributed by atoms with Gasteiger partial charge >= 0.3 is 0 Å². The fraction of sp³-hybridized carbons (Fsp3) is 0.250. The third-order valence-corrected chi connectivity index (χ3v) is 3.35. The van der Waals surface area contributed by atoms with Crippen LogP contribution in [0.5, 0.6) is 0 Å². The third kappa shape index (κ3) is 1.62. The summed E-state index contributed by atoms with van der Waals surface area (Å²) in [4.78, 5) is 0. The van der Waals surface area contributed by atoms with Crippen LogP contribution >= 0.6 is 11.6 Å². The van der Waals surface area contributed by atoms with Gasteiger partial charge in [0.25, 0.3) is 0 Å². The highest BCUT2D eigenvalue weighted by Gasteiger charge is 2.16. The van der Waals surface area contributed by atoms with Gasteiger partial charge in [0.2, 0.25) is 0 Å². The van der Waals surface area contributed by atoms with Crippen molar-refractivity contribution >= 4 is 11.6 Å². The number of hydrogen-bond acceptors (Lipinski definition) is 2. The zero-order valence-electron chi connectivity index (χ0n) is 8.61. The molecule has 1 atom stereocenters. The summed E-state index contributed by atoms with van der Waals surface area (Å²) in [6.45, 7) is 1.41. The summed E-state index contributed by atoms with van der Waals surface area (Å²) in [5.74, 6) is 0. The highest BCUT2D eigenvalue weighted by Crippen LogP contribution is 2.31. The van der Waals surface area contributed by atoms with E-state index >= 15 is 0 Å². The molecule has 82 valence electrons. The van der Waals surface area contributed by atoms with Gasteiger partial charge in [-0.15, -0.1) is 11.6 Å². The van der Waals surface area contributed by atoms with Gasteiger partial charge in [0.15, 0.2) is 0 Å². The summed E-state index contributed by atoms with van der Waals surface area (Å²) in [5, 5.41) is 6.53. The molecule has 1 unspecified atom stereocenters. The van der Waals surface area contributed by atoms with Crippen LogP contribution in [-0.4, -0.2) is 10.2 Å². The van der Waals surface area contributed by atoms with E-state index in [4.69, 9.17) is 16.3 Å². The summed E-state index contributed by atoms with van der Waals surface area (Å²) in [6.07, 6.45) is 3.57. The summed E-state index contributed by atoms with van der Waals surface area (Å²) in [7, 11) is 0. The number of halogens is 1. The Labute approximate surface area is 98.4 Å². The molecule has 1 aliphatic rings. The molecule has 3 nitrogen and oxygen atoms in total. The molecule has 1 aromatic carbocycles. The van der Waals surface area contributed by atoms with Gasteiger partial charge in [-0.3, -0.25) is 5.10 Å². The van der Waals surface area contributed by atoms with Crippen molar-refractivity contribution in [2.75, 3.05) is 0 Å². The van der Waals surface area contributed by atoms with Gasteiger partial charge in [0.05, 0.1) is 24.8 Å². The number of H-pyrrole nitrogens is 1. The summed E-state index contributed by atoms with van der Waals surface area (Å²) >= 11 is 6.37. The average Bonchev–Trinajstić information content (AvgIpc) is 2.98. The van der Waals surface area contributed by atoms with Crippen molar-refractivity contribution in [3.63, 3.8) is 0 Å². The summed E-state index contributed by atoms with van der Waals surface area (Å²) < 4.78 is 5.38. The number of fused-ring (bicyclic) bond motifs is 1. The van der Waals surface area contributed by atoms with E-state index in [0.29, 0.717) is 13.2 Å². The molecule has 3 rings (SSSR count). The second-order valence-electron chi connectivity index (χ2n) is 3.92. The maximum Gasteiger partial charge on any atom is 0.0865 e. The number of nitrogens with one attached hydrogen (secondary N) is 1. The zero-order chi connectivity index (χ0) is 11.0. The van der Waals surface area contributed by atoms with Crippen molar-refractivity contribution in [3.05, 3.63) is 52.8 Å². The van der Waals surface area contributed by atoms with E-state index in [-0.39, 0.29) is 5.38 Å². The minimum absolute atomic E-state index is 0.148. The van der Waals surface area contributed by atoms with Gasteiger partial charge < -0.3 is 4.74 Å². The van der Waals surface area contributed by atoms with Crippen LogP contribution in [0.15, 0.2) is 30.6 Å². The Morgan fingerprint density at radius 3 is 2.94 bits per heavy atom. The van der Waals surface area contributed by atoms with Gasteiger partial charge in [-0.2, -0.15) is 5.10 Å².